The highest BCUT2D eigenvalue weighted by atomic mass is 31.1. The van der Waals surface area contributed by atoms with Crippen LogP contribution in [0.2, 0.25) is 0 Å². The Bertz CT molecular complexity index is 91.3. The van der Waals surface area contributed by atoms with Crippen LogP contribution < -0.4 is 0 Å². The van der Waals surface area contributed by atoms with Gasteiger partial charge in [0.15, 0.2) is 0 Å². The predicted molar refractivity (Wildman–Crippen MR) is 30.7 cm³/mol. The Labute approximate surface area is 48.9 Å². The molecule has 0 aromatic rings. The zero-order chi connectivity index (χ0) is 6.41. The molecular weight excluding hydrogens is 127 g/mol. The molecule has 1 atom stereocenters. The van der Waals surface area contributed by atoms with E-state index in [-0.39, 0.29) is 14.9 Å². The summed E-state index contributed by atoms with van der Waals surface area (Å²) in [6.07, 6.45) is 1.17. The van der Waals surface area contributed by atoms with Gasteiger partial charge in [-0.1, -0.05) is 4.57 Å². The van der Waals surface area contributed by atoms with Gasteiger partial charge in [-0.25, -0.2) is 0 Å². The predicted octanol–water partition coefficient (Wildman–Crippen LogP) is 0.875. The lowest BCUT2D eigenvalue weighted by molar-refractivity contribution is -0.137. The lowest BCUT2D eigenvalue weighted by atomic mass is 10.3. The van der Waals surface area contributed by atoms with E-state index in [0.717, 1.165) is 0 Å². The van der Waals surface area contributed by atoms with E-state index >= 15 is 0 Å². The maximum Gasteiger partial charge on any atom is 0.324 e. The van der Waals surface area contributed by atoms with Gasteiger partial charge in [0.1, 0.15) is 6.16 Å². The van der Waals surface area contributed by atoms with Gasteiger partial charge in [0.2, 0.25) is 0 Å². The van der Waals surface area contributed by atoms with Crippen molar-refractivity contribution in [3.05, 3.63) is 0 Å². The Hall–Kier alpha value is -0.430. The van der Waals surface area contributed by atoms with Gasteiger partial charge in [0.05, 0.1) is 0 Å². The van der Waals surface area contributed by atoms with Crippen LogP contribution in [0.4, 0.5) is 0 Å². The maximum atomic E-state index is 9.78. The monoisotopic (exact) mass is 135 g/mol. The summed E-state index contributed by atoms with van der Waals surface area (Å²) < 4.78 is 9.75. The molecule has 3 nitrogen and oxygen atoms in total. The van der Waals surface area contributed by atoms with Crippen LogP contribution in [0.25, 0.3) is 0 Å². The molecule has 0 radical (unpaired) electrons. The van der Waals surface area contributed by atoms with Crippen LogP contribution in [0.15, 0.2) is 0 Å². The van der Waals surface area contributed by atoms with Crippen LogP contribution in [-0.2, 0) is 9.36 Å². The molecule has 0 saturated carbocycles. The van der Waals surface area contributed by atoms with Gasteiger partial charge < -0.3 is 5.11 Å². The van der Waals surface area contributed by atoms with Gasteiger partial charge in [0.25, 0.3) is 0 Å². The third-order valence-corrected chi connectivity index (χ3v) is 1.23. The molecule has 0 amide bonds. The van der Waals surface area contributed by atoms with Crippen LogP contribution in [-0.4, -0.2) is 17.2 Å². The van der Waals surface area contributed by atoms with Crippen LogP contribution in [0.3, 0.4) is 0 Å². The molecule has 0 aromatic carbocycles. The zero-order valence-electron chi connectivity index (χ0n) is 4.39. The number of hydrogen-bond donors (Lipinski definition) is 1. The van der Waals surface area contributed by atoms with E-state index in [4.69, 9.17) is 5.11 Å². The molecule has 0 spiro atoms. The summed E-state index contributed by atoms with van der Waals surface area (Å²) in [6, 6.07) is 0. The van der Waals surface area contributed by atoms with Gasteiger partial charge in [0, 0.05) is 12.8 Å². The van der Waals surface area contributed by atoms with Gasteiger partial charge in [-0.3, -0.25) is 4.79 Å². The van der Waals surface area contributed by atoms with Gasteiger partial charge in [-0.2, -0.15) is 0 Å². The first-order chi connectivity index (χ1) is 3.77. The maximum absolute atomic E-state index is 9.78. The molecule has 0 aliphatic carbocycles. The summed E-state index contributed by atoms with van der Waals surface area (Å²) in [5.74, 6) is -0.816. The van der Waals surface area contributed by atoms with Crippen LogP contribution in [0.1, 0.15) is 12.8 Å². The van der Waals surface area contributed by atoms with E-state index in [1.165, 1.54) is 0 Å². The Morgan fingerprint density at radius 3 is 2.62 bits per heavy atom. The van der Waals surface area contributed by atoms with Crippen LogP contribution in [0, 0.1) is 0 Å². The second-order valence-corrected chi connectivity index (χ2v) is 2.18. The number of carboxylic acid groups (broad SMARTS) is 1. The van der Waals surface area contributed by atoms with Crippen molar-refractivity contribution in [2.45, 2.75) is 12.8 Å². The standard InChI is InChI=1S/C4H7O3P/c5-4(6)2-1-3-8-7/h1-3H2,(H,5,6)/p+1. The van der Waals surface area contributed by atoms with Crippen molar-refractivity contribution in [3.63, 3.8) is 0 Å². The summed E-state index contributed by atoms with van der Waals surface area (Å²) >= 11 is 0. The van der Waals surface area contributed by atoms with E-state index in [2.05, 4.69) is 0 Å². The number of hydrogen-bond acceptors (Lipinski definition) is 2. The fourth-order valence-electron chi connectivity index (χ4n) is 0.312. The van der Waals surface area contributed by atoms with Crippen molar-refractivity contribution in [2.75, 3.05) is 6.16 Å². The second kappa shape index (κ2) is 4.72. The van der Waals surface area contributed by atoms with E-state index in [0.29, 0.717) is 12.6 Å². The Balaban J connectivity index is 2.93. The number of aliphatic carboxylic acids is 1. The van der Waals surface area contributed by atoms with E-state index in [1.54, 1.807) is 0 Å². The van der Waals surface area contributed by atoms with Crippen molar-refractivity contribution in [2.24, 2.45) is 0 Å². The molecule has 0 saturated heterocycles. The van der Waals surface area contributed by atoms with Gasteiger partial charge >= 0.3 is 14.4 Å². The largest absolute Gasteiger partial charge is 0.481 e. The van der Waals surface area contributed by atoms with Crippen molar-refractivity contribution in [1.29, 1.82) is 0 Å². The smallest absolute Gasteiger partial charge is 0.324 e. The zero-order valence-corrected chi connectivity index (χ0v) is 5.39. The number of rotatable bonds is 4. The van der Waals surface area contributed by atoms with Crippen molar-refractivity contribution >= 4 is 14.4 Å². The summed E-state index contributed by atoms with van der Waals surface area (Å²) in [5.41, 5.74) is 0. The molecule has 0 aliphatic rings. The summed E-state index contributed by atoms with van der Waals surface area (Å²) in [4.78, 5) is 9.78. The van der Waals surface area contributed by atoms with Gasteiger partial charge in [-0.05, 0) is 0 Å². The van der Waals surface area contributed by atoms with Crippen molar-refractivity contribution in [3.8, 4) is 0 Å². The van der Waals surface area contributed by atoms with E-state index < -0.39 is 5.97 Å². The molecule has 46 valence electrons. The lowest BCUT2D eigenvalue weighted by Gasteiger charge is -1.81. The minimum atomic E-state index is -0.816. The first kappa shape index (κ1) is 7.57. The summed E-state index contributed by atoms with van der Waals surface area (Å²) in [5, 5.41) is 8.04. The van der Waals surface area contributed by atoms with Crippen LogP contribution >= 0.6 is 8.46 Å². The van der Waals surface area contributed by atoms with E-state index in [9.17, 15) is 9.36 Å². The SMILES string of the molecule is O=[PH+]CCCC(=O)O. The molecule has 1 N–H and O–H groups in total. The third-order valence-electron chi connectivity index (χ3n) is 0.669. The quantitative estimate of drug-likeness (QED) is 0.459. The Kier molecular flexibility index (Phi) is 4.47. The molecule has 0 aliphatic heterocycles. The summed E-state index contributed by atoms with van der Waals surface area (Å²) in [6.45, 7) is 0. The highest BCUT2D eigenvalue weighted by Gasteiger charge is 1.97. The molecule has 0 heterocycles. The fraction of sp³-hybridized carbons (Fsp3) is 0.750. The molecule has 0 bridgehead atoms. The fourth-order valence-corrected chi connectivity index (χ4v) is 0.633. The third kappa shape index (κ3) is 5.57. The Morgan fingerprint density at radius 2 is 2.25 bits per heavy atom. The highest BCUT2D eigenvalue weighted by Crippen LogP contribution is 1.97. The molecule has 0 fully saturated rings. The first-order valence-corrected chi connectivity index (χ1v) is 3.45. The van der Waals surface area contributed by atoms with Crippen molar-refractivity contribution in [1.82, 2.24) is 0 Å². The lowest BCUT2D eigenvalue weighted by Crippen LogP contribution is -1.93. The molecule has 8 heavy (non-hydrogen) atoms. The number of carboxylic acids is 1. The minimum Gasteiger partial charge on any atom is -0.481 e. The average molecular weight is 135 g/mol. The summed E-state index contributed by atoms with van der Waals surface area (Å²) in [7, 11) is -0.356. The molecule has 4 heteroatoms. The van der Waals surface area contributed by atoms with Gasteiger partial charge in [-0.15, -0.1) is 0 Å². The average Bonchev–Trinajstić information content (AvgIpc) is 1.66. The van der Waals surface area contributed by atoms with Crippen LogP contribution in [0.5, 0.6) is 0 Å². The normalized spacial score (nSPS) is 9.50. The molecular formula is C4H8O3P+. The molecule has 0 aromatic heterocycles. The Morgan fingerprint density at radius 1 is 1.62 bits per heavy atom. The van der Waals surface area contributed by atoms with Crippen molar-refractivity contribution < 1.29 is 14.5 Å². The second-order valence-electron chi connectivity index (χ2n) is 1.39. The molecule has 0 rings (SSSR count). The molecule has 1 unspecified atom stereocenters. The first-order valence-electron chi connectivity index (χ1n) is 2.34. The minimum absolute atomic E-state index is 0.134. The topological polar surface area (TPSA) is 54.4 Å². The van der Waals surface area contributed by atoms with E-state index in [1.807, 2.05) is 0 Å². The highest BCUT2D eigenvalue weighted by molar-refractivity contribution is 7.23. The number of carbonyl (C=O) groups is 1.